The fourth-order valence-electron chi connectivity index (χ4n) is 2.40. The molecule has 0 amide bonds. The average molecular weight is 287 g/mol. The molecule has 19 heavy (non-hydrogen) atoms. The van der Waals surface area contributed by atoms with Crippen LogP contribution in [0.3, 0.4) is 0 Å². The van der Waals surface area contributed by atoms with Crippen molar-refractivity contribution < 1.29 is 18.3 Å². The number of aromatic nitrogens is 2. The van der Waals surface area contributed by atoms with E-state index in [0.29, 0.717) is 12.8 Å². The minimum Gasteiger partial charge on any atom is -0.481 e. The zero-order valence-electron chi connectivity index (χ0n) is 10.4. The van der Waals surface area contributed by atoms with E-state index in [-0.39, 0.29) is 5.03 Å². The molecular weight excluding hydrogens is 270 g/mol. The molecule has 2 unspecified atom stereocenters. The zero-order chi connectivity index (χ0) is 13.9. The van der Waals surface area contributed by atoms with Gasteiger partial charge in [-0.1, -0.05) is 19.3 Å². The molecule has 3 N–H and O–H groups in total. The van der Waals surface area contributed by atoms with Gasteiger partial charge in [0, 0.05) is 6.04 Å². The number of nitrogens with zero attached hydrogens (tertiary/aromatic N) is 1. The second-order valence-corrected chi connectivity index (χ2v) is 6.41. The Hall–Kier alpha value is -1.41. The van der Waals surface area contributed by atoms with Crippen molar-refractivity contribution in [3.63, 3.8) is 0 Å². The Morgan fingerprint density at radius 3 is 2.74 bits per heavy atom. The Kier molecular flexibility index (Phi) is 4.20. The number of hydrogen-bond acceptors (Lipinski definition) is 4. The summed E-state index contributed by atoms with van der Waals surface area (Å²) in [6.45, 7) is 0. The largest absolute Gasteiger partial charge is 0.481 e. The highest BCUT2D eigenvalue weighted by Crippen LogP contribution is 2.25. The van der Waals surface area contributed by atoms with Gasteiger partial charge in [0.2, 0.25) is 0 Å². The van der Waals surface area contributed by atoms with Crippen LogP contribution in [0.25, 0.3) is 0 Å². The molecule has 0 radical (unpaired) electrons. The number of H-pyrrole nitrogens is 1. The molecule has 1 aliphatic carbocycles. The van der Waals surface area contributed by atoms with Crippen LogP contribution in [0.15, 0.2) is 17.6 Å². The maximum Gasteiger partial charge on any atom is 0.308 e. The monoisotopic (exact) mass is 287 g/mol. The Labute approximate surface area is 111 Å². The molecule has 1 saturated carbocycles. The lowest BCUT2D eigenvalue weighted by molar-refractivity contribution is -0.142. The SMILES string of the molecule is O=C(O)C1CCCCCC1NS(=O)(=O)c1cnc[nH]1. The predicted octanol–water partition coefficient (Wildman–Crippen LogP) is 0.722. The fourth-order valence-corrected chi connectivity index (χ4v) is 3.61. The number of hydrogen-bond donors (Lipinski definition) is 3. The minimum absolute atomic E-state index is 0.0408. The van der Waals surface area contributed by atoms with E-state index in [4.69, 9.17) is 0 Å². The van der Waals surface area contributed by atoms with Crippen LogP contribution in [-0.2, 0) is 14.8 Å². The lowest BCUT2D eigenvalue weighted by Crippen LogP contribution is -2.42. The maximum absolute atomic E-state index is 12.1. The van der Waals surface area contributed by atoms with Crippen LogP contribution in [0, 0.1) is 5.92 Å². The molecule has 7 nitrogen and oxygen atoms in total. The molecule has 0 bridgehead atoms. The van der Waals surface area contributed by atoms with Gasteiger partial charge >= 0.3 is 5.97 Å². The number of nitrogens with one attached hydrogen (secondary N) is 2. The van der Waals surface area contributed by atoms with Crippen molar-refractivity contribution in [2.45, 2.75) is 43.2 Å². The van der Waals surface area contributed by atoms with Gasteiger partial charge in [-0.2, -0.15) is 0 Å². The number of rotatable bonds is 4. The van der Waals surface area contributed by atoms with Crippen molar-refractivity contribution in [2.24, 2.45) is 5.92 Å². The summed E-state index contributed by atoms with van der Waals surface area (Å²) in [6, 6.07) is -0.562. The molecule has 0 saturated heterocycles. The van der Waals surface area contributed by atoms with Crippen molar-refractivity contribution in [3.8, 4) is 0 Å². The number of carboxylic acid groups (broad SMARTS) is 1. The Bertz CT molecular complexity index is 526. The third kappa shape index (κ3) is 3.32. The predicted molar refractivity (Wildman–Crippen MR) is 66.9 cm³/mol. The van der Waals surface area contributed by atoms with Crippen molar-refractivity contribution >= 4 is 16.0 Å². The topological polar surface area (TPSA) is 112 Å². The van der Waals surface area contributed by atoms with Crippen LogP contribution in [0.4, 0.5) is 0 Å². The molecule has 2 rings (SSSR count). The summed E-state index contributed by atoms with van der Waals surface area (Å²) in [5.74, 6) is -1.61. The molecular formula is C11H17N3O4S. The van der Waals surface area contributed by atoms with Crippen molar-refractivity contribution in [1.29, 1.82) is 0 Å². The molecule has 2 atom stereocenters. The van der Waals surface area contributed by atoms with E-state index in [2.05, 4.69) is 14.7 Å². The lowest BCUT2D eigenvalue weighted by atomic mass is 9.96. The molecule has 0 aromatic carbocycles. The van der Waals surface area contributed by atoms with Crippen molar-refractivity contribution in [3.05, 3.63) is 12.5 Å². The maximum atomic E-state index is 12.1. The molecule has 1 aromatic heterocycles. The number of sulfonamides is 1. The van der Waals surface area contributed by atoms with Gasteiger partial charge in [-0.15, -0.1) is 0 Å². The normalized spacial score (nSPS) is 24.8. The first kappa shape index (κ1) is 14.0. The summed E-state index contributed by atoms with van der Waals surface area (Å²) in [5.41, 5.74) is 0. The summed E-state index contributed by atoms with van der Waals surface area (Å²) >= 11 is 0. The average Bonchev–Trinajstić information content (AvgIpc) is 2.78. The molecule has 106 valence electrons. The first-order valence-electron chi connectivity index (χ1n) is 6.24. The van der Waals surface area contributed by atoms with Crippen LogP contribution in [0.2, 0.25) is 0 Å². The van der Waals surface area contributed by atoms with Crippen LogP contribution < -0.4 is 4.72 Å². The smallest absolute Gasteiger partial charge is 0.308 e. The molecule has 1 aromatic rings. The number of imidazole rings is 1. The van der Waals surface area contributed by atoms with Gasteiger partial charge in [-0.25, -0.2) is 18.1 Å². The van der Waals surface area contributed by atoms with Crippen LogP contribution in [0.1, 0.15) is 32.1 Å². The third-order valence-electron chi connectivity index (χ3n) is 3.40. The summed E-state index contributed by atoms with van der Waals surface area (Å²) in [6.07, 6.45) is 6.12. The van der Waals surface area contributed by atoms with E-state index in [1.807, 2.05) is 0 Å². The fraction of sp³-hybridized carbons (Fsp3) is 0.636. The summed E-state index contributed by atoms with van der Waals surface area (Å²) < 4.78 is 26.6. The zero-order valence-corrected chi connectivity index (χ0v) is 11.2. The molecule has 1 aliphatic rings. The minimum atomic E-state index is -3.73. The quantitative estimate of drug-likeness (QED) is 0.706. The second-order valence-electron chi connectivity index (χ2n) is 4.73. The van der Waals surface area contributed by atoms with Gasteiger partial charge in [0.05, 0.1) is 18.4 Å². The third-order valence-corrected chi connectivity index (χ3v) is 4.82. The number of aliphatic carboxylic acids is 1. The van der Waals surface area contributed by atoms with E-state index < -0.39 is 28.0 Å². The highest BCUT2D eigenvalue weighted by molar-refractivity contribution is 7.89. The number of carboxylic acids is 1. The van der Waals surface area contributed by atoms with Crippen molar-refractivity contribution in [1.82, 2.24) is 14.7 Å². The second kappa shape index (κ2) is 5.70. The highest BCUT2D eigenvalue weighted by atomic mass is 32.2. The molecule has 8 heteroatoms. The molecule has 0 aliphatic heterocycles. The van der Waals surface area contributed by atoms with Gasteiger partial charge in [-0.05, 0) is 12.8 Å². The Morgan fingerprint density at radius 1 is 1.37 bits per heavy atom. The standard InChI is InChI=1S/C11H17N3O4S/c15-11(16)8-4-2-1-3-5-9(8)14-19(17,18)10-6-12-7-13-10/h6-9,14H,1-5H2,(H,12,13)(H,15,16). The summed E-state index contributed by atoms with van der Waals surface area (Å²) in [7, 11) is -3.73. The van der Waals surface area contributed by atoms with E-state index in [1.165, 1.54) is 12.5 Å². The van der Waals surface area contributed by atoms with Gasteiger partial charge < -0.3 is 10.1 Å². The van der Waals surface area contributed by atoms with Crippen molar-refractivity contribution in [2.75, 3.05) is 0 Å². The van der Waals surface area contributed by atoms with E-state index >= 15 is 0 Å². The Balaban J connectivity index is 2.17. The number of carbonyl (C=O) groups is 1. The van der Waals surface area contributed by atoms with Gasteiger partial charge in [0.1, 0.15) is 0 Å². The van der Waals surface area contributed by atoms with Crippen LogP contribution in [0.5, 0.6) is 0 Å². The lowest BCUT2D eigenvalue weighted by Gasteiger charge is -2.22. The van der Waals surface area contributed by atoms with E-state index in [0.717, 1.165) is 19.3 Å². The van der Waals surface area contributed by atoms with Gasteiger partial charge in [0.15, 0.2) is 5.03 Å². The first-order chi connectivity index (χ1) is 9.00. The molecule has 1 heterocycles. The van der Waals surface area contributed by atoms with E-state index in [9.17, 15) is 18.3 Å². The number of aromatic amines is 1. The first-order valence-corrected chi connectivity index (χ1v) is 7.72. The van der Waals surface area contributed by atoms with Crippen LogP contribution in [-0.4, -0.2) is 35.5 Å². The highest BCUT2D eigenvalue weighted by Gasteiger charge is 2.33. The van der Waals surface area contributed by atoms with Crippen LogP contribution >= 0.6 is 0 Å². The summed E-state index contributed by atoms with van der Waals surface area (Å²) in [5, 5.41) is 9.17. The summed E-state index contributed by atoms with van der Waals surface area (Å²) in [4.78, 5) is 17.4. The van der Waals surface area contributed by atoms with Gasteiger partial charge in [-0.3, -0.25) is 4.79 Å². The van der Waals surface area contributed by atoms with Gasteiger partial charge in [0.25, 0.3) is 10.0 Å². The van der Waals surface area contributed by atoms with E-state index in [1.54, 1.807) is 0 Å². The molecule has 0 spiro atoms. The molecule has 1 fully saturated rings. The Morgan fingerprint density at radius 2 is 2.11 bits per heavy atom.